The molecule has 5 rings (SSSR count). The van der Waals surface area contributed by atoms with E-state index < -0.39 is 0 Å². The lowest BCUT2D eigenvalue weighted by Crippen LogP contribution is -2.05. The van der Waals surface area contributed by atoms with Crippen LogP contribution in [-0.4, -0.2) is 29.5 Å². The number of aliphatic hydroxyl groups excluding tert-OH is 1. The lowest BCUT2D eigenvalue weighted by molar-refractivity contribution is 0.282. The molecule has 2 N–H and O–H groups in total. The van der Waals surface area contributed by atoms with Gasteiger partial charge in [0.05, 0.1) is 40.6 Å². The Morgan fingerprint density at radius 1 is 0.906 bits per heavy atom. The van der Waals surface area contributed by atoms with Crippen LogP contribution >= 0.6 is 0 Å². The maximum atomic E-state index is 9.24. The number of hydrogen-bond donors (Lipinski definition) is 2. The van der Waals surface area contributed by atoms with Crippen LogP contribution in [0.2, 0.25) is 0 Å². The van der Waals surface area contributed by atoms with Gasteiger partial charge in [-0.05, 0) is 50.1 Å². The third-order valence-electron chi connectivity index (χ3n) is 5.88. The van der Waals surface area contributed by atoms with E-state index in [9.17, 15) is 5.11 Å². The van der Waals surface area contributed by atoms with Gasteiger partial charge in [0.1, 0.15) is 0 Å². The van der Waals surface area contributed by atoms with E-state index in [4.69, 9.17) is 10.1 Å². The Hall–Kier alpha value is -3.71. The van der Waals surface area contributed by atoms with E-state index in [0.717, 1.165) is 61.7 Å². The molecule has 0 saturated carbocycles. The van der Waals surface area contributed by atoms with Gasteiger partial charge in [-0.15, -0.1) is 0 Å². The van der Waals surface area contributed by atoms with Crippen LogP contribution in [0.3, 0.4) is 0 Å². The lowest BCUT2D eigenvalue weighted by Gasteiger charge is -2.10. The van der Waals surface area contributed by atoms with Crippen molar-refractivity contribution in [1.29, 1.82) is 0 Å². The van der Waals surface area contributed by atoms with Crippen molar-refractivity contribution in [3.8, 4) is 11.3 Å². The molecule has 0 aliphatic carbocycles. The van der Waals surface area contributed by atoms with E-state index >= 15 is 0 Å². The second-order valence-electron chi connectivity index (χ2n) is 8.25. The van der Waals surface area contributed by atoms with Crippen LogP contribution in [-0.2, 0) is 20.2 Å². The number of aliphatic hydroxyl groups is 1. The molecule has 0 unspecified atom stereocenters. The zero-order valence-electron chi connectivity index (χ0n) is 18.7. The Kier molecular flexibility index (Phi) is 4.90. The van der Waals surface area contributed by atoms with Crippen LogP contribution in [0.15, 0.2) is 48.5 Å². The fourth-order valence-corrected chi connectivity index (χ4v) is 4.26. The summed E-state index contributed by atoms with van der Waals surface area (Å²) in [5, 5.41) is 23.2. The fourth-order valence-electron chi connectivity index (χ4n) is 4.26. The molecule has 3 aromatic heterocycles. The van der Waals surface area contributed by atoms with Gasteiger partial charge < -0.3 is 10.4 Å². The number of fused-ring (bicyclic) bond motifs is 2. The first kappa shape index (κ1) is 20.2. The van der Waals surface area contributed by atoms with E-state index in [1.165, 1.54) is 0 Å². The molecule has 7 heteroatoms. The molecule has 0 bridgehead atoms. The van der Waals surface area contributed by atoms with Gasteiger partial charge in [0.2, 0.25) is 0 Å². The van der Waals surface area contributed by atoms with Crippen molar-refractivity contribution in [2.24, 2.45) is 7.05 Å². The summed E-state index contributed by atoms with van der Waals surface area (Å²) in [7, 11) is 1.97. The van der Waals surface area contributed by atoms with Gasteiger partial charge in [0.25, 0.3) is 0 Å². The lowest BCUT2D eigenvalue weighted by atomic mass is 10.1. The first-order valence-corrected chi connectivity index (χ1v) is 10.7. The highest BCUT2D eigenvalue weighted by Crippen LogP contribution is 2.31. The highest BCUT2D eigenvalue weighted by atomic mass is 16.3. The van der Waals surface area contributed by atoms with E-state index in [-0.39, 0.29) is 6.61 Å². The minimum absolute atomic E-state index is 0.0539. The van der Waals surface area contributed by atoms with Crippen molar-refractivity contribution < 1.29 is 5.11 Å². The molecule has 0 atom stereocenters. The number of aromatic nitrogens is 5. The van der Waals surface area contributed by atoms with Gasteiger partial charge in [0.15, 0.2) is 5.65 Å². The molecular weight excluding hydrogens is 400 g/mol. The molecule has 7 nitrogen and oxygen atoms in total. The predicted molar refractivity (Wildman–Crippen MR) is 127 cm³/mol. The number of anilines is 1. The molecule has 32 heavy (non-hydrogen) atoms. The van der Waals surface area contributed by atoms with Crippen molar-refractivity contribution in [2.75, 3.05) is 5.32 Å². The standard InChI is InChI=1S/C25H26N6O/c1-15-11-22(26-13-18-5-7-19(14-32)8-6-18)25-27-17(3)24(31(25)28-15)20-9-10-23-21(12-20)16(2)29-30(23)4/h5-12,26,32H,13-14H2,1-4H3. The Morgan fingerprint density at radius 2 is 1.66 bits per heavy atom. The first-order chi connectivity index (χ1) is 15.4. The van der Waals surface area contributed by atoms with Gasteiger partial charge in [-0.25, -0.2) is 9.50 Å². The summed E-state index contributed by atoms with van der Waals surface area (Å²) >= 11 is 0. The molecule has 3 heterocycles. The van der Waals surface area contributed by atoms with Gasteiger partial charge in [-0.1, -0.05) is 30.3 Å². The monoisotopic (exact) mass is 426 g/mol. The number of rotatable bonds is 5. The second-order valence-corrected chi connectivity index (χ2v) is 8.25. The number of imidazole rings is 1. The van der Waals surface area contributed by atoms with Crippen molar-refractivity contribution >= 4 is 22.2 Å². The van der Waals surface area contributed by atoms with Crippen LogP contribution in [0.25, 0.3) is 27.8 Å². The van der Waals surface area contributed by atoms with Gasteiger partial charge >= 0.3 is 0 Å². The molecule has 0 fully saturated rings. The SMILES string of the molecule is Cc1cc(NCc2ccc(CO)cc2)c2nc(C)c(-c3ccc4c(c3)c(C)nn4C)n2n1. The second kappa shape index (κ2) is 7.76. The topological polar surface area (TPSA) is 80.3 Å². The third kappa shape index (κ3) is 3.40. The minimum atomic E-state index is 0.0539. The third-order valence-corrected chi connectivity index (χ3v) is 5.88. The molecule has 2 aromatic carbocycles. The van der Waals surface area contributed by atoms with Gasteiger partial charge in [-0.3, -0.25) is 4.68 Å². The Labute approximate surface area is 186 Å². The van der Waals surface area contributed by atoms with Crippen molar-refractivity contribution in [3.05, 3.63) is 76.7 Å². The van der Waals surface area contributed by atoms with Crippen LogP contribution in [0, 0.1) is 20.8 Å². The number of nitrogens with one attached hydrogen (secondary N) is 1. The summed E-state index contributed by atoms with van der Waals surface area (Å²) < 4.78 is 3.85. The Bertz CT molecular complexity index is 1450. The quantitative estimate of drug-likeness (QED) is 0.438. The normalized spacial score (nSPS) is 11.5. The Morgan fingerprint density at radius 3 is 2.41 bits per heavy atom. The first-order valence-electron chi connectivity index (χ1n) is 10.7. The number of nitrogens with zero attached hydrogens (tertiary/aromatic N) is 5. The number of benzene rings is 2. The van der Waals surface area contributed by atoms with Crippen LogP contribution in [0.4, 0.5) is 5.69 Å². The van der Waals surface area contributed by atoms with Crippen LogP contribution < -0.4 is 5.32 Å². The minimum Gasteiger partial charge on any atom is -0.392 e. The maximum Gasteiger partial charge on any atom is 0.177 e. The van der Waals surface area contributed by atoms with E-state index in [1.54, 1.807) is 0 Å². The van der Waals surface area contributed by atoms with Crippen LogP contribution in [0.1, 0.15) is 28.2 Å². The van der Waals surface area contributed by atoms with E-state index in [0.29, 0.717) is 6.54 Å². The highest BCUT2D eigenvalue weighted by Gasteiger charge is 2.17. The zero-order chi connectivity index (χ0) is 22.4. The average Bonchev–Trinajstić information content (AvgIpc) is 3.27. The molecule has 0 radical (unpaired) electrons. The predicted octanol–water partition coefficient (Wildman–Crippen LogP) is 4.31. The zero-order valence-corrected chi connectivity index (χ0v) is 18.7. The van der Waals surface area contributed by atoms with E-state index in [2.05, 4.69) is 28.6 Å². The molecule has 5 aromatic rings. The summed E-state index contributed by atoms with van der Waals surface area (Å²) in [5.41, 5.74) is 9.81. The van der Waals surface area contributed by atoms with Crippen LogP contribution in [0.5, 0.6) is 0 Å². The van der Waals surface area contributed by atoms with Gasteiger partial charge in [0, 0.05) is 24.5 Å². The highest BCUT2D eigenvalue weighted by molar-refractivity contribution is 5.87. The average molecular weight is 427 g/mol. The maximum absolute atomic E-state index is 9.24. The molecule has 162 valence electrons. The van der Waals surface area contributed by atoms with Crippen molar-refractivity contribution in [2.45, 2.75) is 33.9 Å². The fraction of sp³-hybridized carbons (Fsp3) is 0.240. The molecule has 0 spiro atoms. The number of hydrogen-bond acceptors (Lipinski definition) is 5. The largest absolute Gasteiger partial charge is 0.392 e. The Balaban J connectivity index is 1.56. The van der Waals surface area contributed by atoms with E-state index in [1.807, 2.05) is 67.3 Å². The summed E-state index contributed by atoms with van der Waals surface area (Å²) in [6.07, 6.45) is 0. The molecule has 0 aliphatic heterocycles. The molecule has 0 amide bonds. The molecular formula is C25H26N6O. The summed E-state index contributed by atoms with van der Waals surface area (Å²) in [4.78, 5) is 4.86. The van der Waals surface area contributed by atoms with Crippen molar-refractivity contribution in [1.82, 2.24) is 24.4 Å². The summed E-state index contributed by atoms with van der Waals surface area (Å²) in [6, 6.07) is 16.4. The summed E-state index contributed by atoms with van der Waals surface area (Å²) in [5.74, 6) is 0. The van der Waals surface area contributed by atoms with Gasteiger partial charge in [-0.2, -0.15) is 10.2 Å². The molecule has 0 aliphatic rings. The smallest absolute Gasteiger partial charge is 0.177 e. The van der Waals surface area contributed by atoms with Crippen molar-refractivity contribution in [3.63, 3.8) is 0 Å². The molecule has 0 saturated heterocycles. The number of aryl methyl sites for hydroxylation is 4. The summed E-state index contributed by atoms with van der Waals surface area (Å²) in [6.45, 7) is 6.77.